The highest BCUT2D eigenvalue weighted by Crippen LogP contribution is 2.31. The van der Waals surface area contributed by atoms with E-state index in [1.165, 1.54) is 0 Å². The molecule has 0 aliphatic carbocycles. The topological polar surface area (TPSA) is 55.4 Å². The number of benzene rings is 2. The molecule has 6 nitrogen and oxygen atoms in total. The van der Waals surface area contributed by atoms with Crippen molar-refractivity contribution < 1.29 is 28.4 Å². The van der Waals surface area contributed by atoms with Gasteiger partial charge in [-0.05, 0) is 30.2 Å². The Hall–Kier alpha value is -2.22. The standard InChI is InChI=1S/C25H32O6/c1-4-29-25(2)30-23(11-8-16-27-17-20-9-6-5-7-10-20)24(31-25)19-28-18-21-12-14-22(26-3)15-13-21/h5-15,23-24H,4,16-19H2,1-3H3/b11-8+/t23-,24-,25?/m0/s1. The van der Waals surface area contributed by atoms with Crippen LogP contribution in [0.2, 0.25) is 0 Å². The Morgan fingerprint density at radius 3 is 2.35 bits per heavy atom. The molecule has 0 amide bonds. The molecule has 2 aromatic carbocycles. The van der Waals surface area contributed by atoms with Gasteiger partial charge in [0, 0.05) is 13.5 Å². The lowest BCUT2D eigenvalue weighted by Gasteiger charge is -2.22. The van der Waals surface area contributed by atoms with Crippen LogP contribution in [0.3, 0.4) is 0 Å². The summed E-state index contributed by atoms with van der Waals surface area (Å²) in [4.78, 5) is 0. The second kappa shape index (κ2) is 12.0. The summed E-state index contributed by atoms with van der Waals surface area (Å²) in [7, 11) is 1.65. The molecule has 0 radical (unpaired) electrons. The number of rotatable bonds is 12. The molecular formula is C25H32O6. The Morgan fingerprint density at radius 2 is 1.65 bits per heavy atom. The lowest BCUT2D eigenvalue weighted by atomic mass is 10.2. The summed E-state index contributed by atoms with van der Waals surface area (Å²) in [6, 6.07) is 17.9. The summed E-state index contributed by atoms with van der Waals surface area (Å²) in [5.74, 6) is -0.258. The zero-order valence-corrected chi connectivity index (χ0v) is 18.5. The molecule has 1 fully saturated rings. The molecule has 1 aliphatic rings. The normalized spacial score (nSPS) is 23.5. The average Bonchev–Trinajstić information content (AvgIpc) is 3.10. The Morgan fingerprint density at radius 1 is 0.935 bits per heavy atom. The summed E-state index contributed by atoms with van der Waals surface area (Å²) in [6.45, 7) is 6.10. The summed E-state index contributed by atoms with van der Waals surface area (Å²) in [5.41, 5.74) is 2.21. The van der Waals surface area contributed by atoms with Crippen LogP contribution in [0.15, 0.2) is 66.7 Å². The molecule has 3 atom stereocenters. The second-order valence-electron chi connectivity index (χ2n) is 7.33. The largest absolute Gasteiger partial charge is 0.497 e. The van der Waals surface area contributed by atoms with Crippen LogP contribution in [-0.2, 0) is 36.9 Å². The van der Waals surface area contributed by atoms with Crippen molar-refractivity contribution in [2.24, 2.45) is 0 Å². The van der Waals surface area contributed by atoms with Crippen LogP contribution < -0.4 is 4.74 Å². The molecule has 31 heavy (non-hydrogen) atoms. The van der Waals surface area contributed by atoms with Crippen LogP contribution in [0.1, 0.15) is 25.0 Å². The van der Waals surface area contributed by atoms with Crippen LogP contribution in [0.5, 0.6) is 5.75 Å². The van der Waals surface area contributed by atoms with Gasteiger partial charge < -0.3 is 28.4 Å². The Kier molecular flexibility index (Phi) is 9.06. The van der Waals surface area contributed by atoms with Gasteiger partial charge >= 0.3 is 0 Å². The van der Waals surface area contributed by atoms with Crippen molar-refractivity contribution in [3.63, 3.8) is 0 Å². The van der Waals surface area contributed by atoms with Gasteiger partial charge in [-0.25, -0.2) is 0 Å². The first-order valence-electron chi connectivity index (χ1n) is 10.6. The van der Waals surface area contributed by atoms with Crippen LogP contribution in [-0.4, -0.2) is 45.1 Å². The van der Waals surface area contributed by atoms with Gasteiger partial charge in [0.05, 0.1) is 33.5 Å². The number of hydrogen-bond donors (Lipinski definition) is 0. The van der Waals surface area contributed by atoms with E-state index in [1.54, 1.807) is 14.0 Å². The number of ether oxygens (including phenoxy) is 6. The van der Waals surface area contributed by atoms with Gasteiger partial charge in [0.25, 0.3) is 5.97 Å². The smallest absolute Gasteiger partial charge is 0.280 e. The van der Waals surface area contributed by atoms with Crippen molar-refractivity contribution >= 4 is 0 Å². The molecular weight excluding hydrogens is 396 g/mol. The zero-order valence-electron chi connectivity index (χ0n) is 18.5. The van der Waals surface area contributed by atoms with E-state index in [-0.39, 0.29) is 12.2 Å². The predicted octanol–water partition coefficient (Wildman–Crippen LogP) is 4.48. The third kappa shape index (κ3) is 7.45. The number of methoxy groups -OCH3 is 1. The number of hydrogen-bond acceptors (Lipinski definition) is 6. The van der Waals surface area contributed by atoms with Crippen molar-refractivity contribution in [3.8, 4) is 5.75 Å². The fourth-order valence-corrected chi connectivity index (χ4v) is 3.34. The summed E-state index contributed by atoms with van der Waals surface area (Å²) in [5, 5.41) is 0. The summed E-state index contributed by atoms with van der Waals surface area (Å²) < 4.78 is 34.5. The Balaban J connectivity index is 1.49. The molecule has 0 aromatic heterocycles. The van der Waals surface area contributed by atoms with Gasteiger partial charge in [-0.3, -0.25) is 0 Å². The average molecular weight is 429 g/mol. The Bertz CT molecular complexity index is 791. The lowest BCUT2D eigenvalue weighted by Crippen LogP contribution is -2.31. The van der Waals surface area contributed by atoms with Gasteiger partial charge in [0.15, 0.2) is 0 Å². The first-order valence-corrected chi connectivity index (χ1v) is 10.6. The van der Waals surface area contributed by atoms with Crippen molar-refractivity contribution in [2.75, 3.05) is 26.9 Å². The molecule has 3 rings (SSSR count). The van der Waals surface area contributed by atoms with Crippen LogP contribution >= 0.6 is 0 Å². The van der Waals surface area contributed by atoms with Crippen LogP contribution in [0.25, 0.3) is 0 Å². The van der Waals surface area contributed by atoms with Crippen molar-refractivity contribution in [1.29, 1.82) is 0 Å². The molecule has 0 N–H and O–H groups in total. The maximum atomic E-state index is 6.02. The monoisotopic (exact) mass is 428 g/mol. The van der Waals surface area contributed by atoms with Gasteiger partial charge in [-0.1, -0.05) is 54.6 Å². The molecule has 168 valence electrons. The highest BCUT2D eigenvalue weighted by molar-refractivity contribution is 5.26. The maximum Gasteiger partial charge on any atom is 0.280 e. The van der Waals surface area contributed by atoms with Crippen molar-refractivity contribution in [2.45, 2.75) is 45.2 Å². The van der Waals surface area contributed by atoms with Gasteiger partial charge in [-0.2, -0.15) is 0 Å². The first-order chi connectivity index (χ1) is 15.1. The van der Waals surface area contributed by atoms with Gasteiger partial charge in [0.1, 0.15) is 18.0 Å². The molecule has 0 spiro atoms. The molecule has 0 saturated carbocycles. The molecule has 1 saturated heterocycles. The summed E-state index contributed by atoms with van der Waals surface area (Å²) >= 11 is 0. The maximum absolute atomic E-state index is 6.02. The molecule has 0 bridgehead atoms. The zero-order chi connectivity index (χ0) is 21.9. The van der Waals surface area contributed by atoms with E-state index in [2.05, 4.69) is 0 Å². The highest BCUT2D eigenvalue weighted by atomic mass is 16.9. The van der Waals surface area contributed by atoms with E-state index in [9.17, 15) is 0 Å². The third-order valence-electron chi connectivity index (χ3n) is 4.85. The molecule has 1 heterocycles. The second-order valence-corrected chi connectivity index (χ2v) is 7.33. The van der Waals surface area contributed by atoms with Crippen LogP contribution in [0, 0.1) is 0 Å². The molecule has 6 heteroatoms. The molecule has 1 unspecified atom stereocenters. The van der Waals surface area contributed by atoms with Gasteiger partial charge in [-0.15, -0.1) is 0 Å². The van der Waals surface area contributed by atoms with Crippen LogP contribution in [0.4, 0.5) is 0 Å². The third-order valence-corrected chi connectivity index (χ3v) is 4.85. The predicted molar refractivity (Wildman–Crippen MR) is 118 cm³/mol. The van der Waals surface area contributed by atoms with E-state index in [0.717, 1.165) is 16.9 Å². The fraction of sp³-hybridized carbons (Fsp3) is 0.440. The molecule has 2 aromatic rings. The van der Waals surface area contributed by atoms with Crippen molar-refractivity contribution in [3.05, 3.63) is 77.9 Å². The minimum atomic E-state index is -1.08. The van der Waals surface area contributed by atoms with Gasteiger partial charge in [0.2, 0.25) is 0 Å². The Labute approximate surface area is 184 Å². The minimum Gasteiger partial charge on any atom is -0.497 e. The van der Waals surface area contributed by atoms with E-state index in [0.29, 0.717) is 33.0 Å². The minimum absolute atomic E-state index is 0.278. The quantitative estimate of drug-likeness (QED) is 0.367. The van der Waals surface area contributed by atoms with Crippen molar-refractivity contribution in [1.82, 2.24) is 0 Å². The van der Waals surface area contributed by atoms with E-state index in [1.807, 2.05) is 73.7 Å². The van der Waals surface area contributed by atoms with E-state index >= 15 is 0 Å². The first kappa shape index (κ1) is 23.4. The van der Waals surface area contributed by atoms with E-state index < -0.39 is 5.97 Å². The summed E-state index contributed by atoms with van der Waals surface area (Å²) in [6.07, 6.45) is 3.34. The lowest BCUT2D eigenvalue weighted by molar-refractivity contribution is -0.327. The highest BCUT2D eigenvalue weighted by Gasteiger charge is 2.44. The fourth-order valence-electron chi connectivity index (χ4n) is 3.34. The molecule has 1 aliphatic heterocycles. The van der Waals surface area contributed by atoms with E-state index in [4.69, 9.17) is 28.4 Å². The SMILES string of the molecule is CCOC1(C)O[C@@H](/C=C/COCc2ccccc2)[C@H](COCc2ccc(OC)cc2)O1.